The fourth-order valence-electron chi connectivity index (χ4n) is 1.41. The van der Waals surface area contributed by atoms with Crippen LogP contribution in [-0.2, 0) is 4.79 Å². The van der Waals surface area contributed by atoms with E-state index in [1.54, 1.807) is 23.2 Å². The molecule has 16 heavy (non-hydrogen) atoms. The van der Waals surface area contributed by atoms with E-state index in [1.165, 1.54) is 0 Å². The second-order valence-corrected chi connectivity index (χ2v) is 3.36. The predicted octanol–water partition coefficient (Wildman–Crippen LogP) is 0.944. The van der Waals surface area contributed by atoms with Crippen molar-refractivity contribution in [1.82, 2.24) is 9.88 Å². The lowest BCUT2D eigenvalue weighted by molar-refractivity contribution is -0.128. The second kappa shape index (κ2) is 5.95. The van der Waals surface area contributed by atoms with Gasteiger partial charge in [0.1, 0.15) is 5.82 Å². The molecule has 3 N–H and O–H groups in total. The van der Waals surface area contributed by atoms with E-state index in [0.717, 1.165) is 0 Å². The highest BCUT2D eigenvalue weighted by atomic mass is 16.2. The van der Waals surface area contributed by atoms with E-state index in [4.69, 9.17) is 5.73 Å². The van der Waals surface area contributed by atoms with Crippen molar-refractivity contribution in [3.05, 3.63) is 18.3 Å². The Bertz CT molecular complexity index is 350. The third-order valence-electron chi connectivity index (χ3n) is 2.36. The Kier molecular flexibility index (Phi) is 4.57. The van der Waals surface area contributed by atoms with Crippen molar-refractivity contribution >= 4 is 17.4 Å². The number of carbonyl (C=O) groups is 1. The van der Waals surface area contributed by atoms with Gasteiger partial charge in [-0.1, -0.05) is 0 Å². The van der Waals surface area contributed by atoms with E-state index in [2.05, 4.69) is 10.3 Å². The number of hydrogen-bond donors (Lipinski definition) is 2. The summed E-state index contributed by atoms with van der Waals surface area (Å²) in [6.07, 6.45) is 1.64. The van der Waals surface area contributed by atoms with Gasteiger partial charge in [-0.05, 0) is 26.0 Å². The Morgan fingerprint density at radius 3 is 2.75 bits per heavy atom. The quantitative estimate of drug-likeness (QED) is 0.778. The van der Waals surface area contributed by atoms with Gasteiger partial charge < -0.3 is 16.0 Å². The van der Waals surface area contributed by atoms with Crippen LogP contribution in [-0.4, -0.2) is 35.4 Å². The molecular formula is C11H18N4O. The molecule has 0 atom stereocenters. The number of anilines is 2. The number of likely N-dealkylation sites (N-methyl/N-ethyl adjacent to an activating group) is 1. The summed E-state index contributed by atoms with van der Waals surface area (Å²) in [4.78, 5) is 17.5. The van der Waals surface area contributed by atoms with Gasteiger partial charge in [0, 0.05) is 19.3 Å². The number of hydrogen-bond acceptors (Lipinski definition) is 4. The smallest absolute Gasteiger partial charge is 0.241 e. The van der Waals surface area contributed by atoms with Crippen LogP contribution in [0.4, 0.5) is 11.5 Å². The molecule has 0 aliphatic heterocycles. The van der Waals surface area contributed by atoms with Crippen molar-refractivity contribution < 1.29 is 4.79 Å². The highest BCUT2D eigenvalue weighted by molar-refractivity contribution is 5.81. The molecule has 0 saturated heterocycles. The lowest BCUT2D eigenvalue weighted by Gasteiger charge is -2.19. The molecule has 1 rings (SSSR count). The number of amides is 1. The summed E-state index contributed by atoms with van der Waals surface area (Å²) < 4.78 is 0. The maximum atomic E-state index is 11.7. The van der Waals surface area contributed by atoms with Crippen molar-refractivity contribution in [1.29, 1.82) is 0 Å². The minimum Gasteiger partial charge on any atom is -0.396 e. The van der Waals surface area contributed by atoms with Crippen LogP contribution in [0.25, 0.3) is 0 Å². The highest BCUT2D eigenvalue weighted by Crippen LogP contribution is 2.12. The summed E-state index contributed by atoms with van der Waals surface area (Å²) in [6.45, 7) is 5.57. The molecule has 5 heteroatoms. The van der Waals surface area contributed by atoms with Crippen molar-refractivity contribution in [3.63, 3.8) is 0 Å². The molecule has 1 aromatic rings. The van der Waals surface area contributed by atoms with Crippen molar-refractivity contribution in [2.75, 3.05) is 30.7 Å². The fourth-order valence-corrected chi connectivity index (χ4v) is 1.41. The summed E-state index contributed by atoms with van der Waals surface area (Å²) in [5, 5.41) is 2.93. The lowest BCUT2D eigenvalue weighted by Crippen LogP contribution is -2.35. The summed E-state index contributed by atoms with van der Waals surface area (Å²) in [7, 11) is 0. The van der Waals surface area contributed by atoms with Crippen LogP contribution in [0.3, 0.4) is 0 Å². The number of aromatic nitrogens is 1. The Hall–Kier alpha value is -1.78. The third-order valence-corrected chi connectivity index (χ3v) is 2.36. The highest BCUT2D eigenvalue weighted by Gasteiger charge is 2.09. The zero-order valence-corrected chi connectivity index (χ0v) is 9.73. The molecule has 5 nitrogen and oxygen atoms in total. The Morgan fingerprint density at radius 1 is 1.50 bits per heavy atom. The average molecular weight is 222 g/mol. The molecule has 1 heterocycles. The minimum absolute atomic E-state index is 0.0510. The molecule has 0 fully saturated rings. The topological polar surface area (TPSA) is 71.2 Å². The standard InChI is InChI=1S/C11H18N4O/c1-3-15(4-2)10(16)8-14-11-9(12)6-5-7-13-11/h5-7H,3-4,8,12H2,1-2H3,(H,13,14). The fraction of sp³-hybridized carbons (Fsp3) is 0.455. The van der Waals surface area contributed by atoms with Crippen LogP contribution in [0.1, 0.15) is 13.8 Å². The predicted molar refractivity (Wildman–Crippen MR) is 65.1 cm³/mol. The van der Waals surface area contributed by atoms with E-state index in [1.807, 2.05) is 13.8 Å². The van der Waals surface area contributed by atoms with E-state index in [9.17, 15) is 4.79 Å². The van der Waals surface area contributed by atoms with Crippen LogP contribution in [0.2, 0.25) is 0 Å². The van der Waals surface area contributed by atoms with Gasteiger partial charge in [-0.25, -0.2) is 4.98 Å². The maximum absolute atomic E-state index is 11.7. The van der Waals surface area contributed by atoms with E-state index < -0.39 is 0 Å². The zero-order valence-electron chi connectivity index (χ0n) is 9.73. The number of carbonyl (C=O) groups excluding carboxylic acids is 1. The number of rotatable bonds is 5. The Balaban J connectivity index is 2.52. The van der Waals surface area contributed by atoms with Gasteiger partial charge in [-0.2, -0.15) is 0 Å². The molecule has 0 radical (unpaired) electrons. The van der Waals surface area contributed by atoms with Crippen molar-refractivity contribution in [2.45, 2.75) is 13.8 Å². The first-order valence-corrected chi connectivity index (χ1v) is 5.41. The summed E-state index contributed by atoms with van der Waals surface area (Å²) in [5.41, 5.74) is 6.25. The molecule has 0 saturated carbocycles. The first kappa shape index (κ1) is 12.3. The van der Waals surface area contributed by atoms with Gasteiger partial charge >= 0.3 is 0 Å². The van der Waals surface area contributed by atoms with Gasteiger partial charge in [-0.3, -0.25) is 4.79 Å². The molecule has 0 bridgehead atoms. The molecule has 0 aliphatic rings. The molecular weight excluding hydrogens is 204 g/mol. The van der Waals surface area contributed by atoms with Crippen LogP contribution in [0, 0.1) is 0 Å². The first-order chi connectivity index (χ1) is 7.69. The minimum atomic E-state index is 0.0510. The summed E-state index contributed by atoms with van der Waals surface area (Å²) in [6, 6.07) is 3.50. The molecule has 0 aliphatic carbocycles. The van der Waals surface area contributed by atoms with Crippen LogP contribution >= 0.6 is 0 Å². The molecule has 1 amide bonds. The second-order valence-electron chi connectivity index (χ2n) is 3.36. The SMILES string of the molecule is CCN(CC)C(=O)CNc1ncccc1N. The van der Waals surface area contributed by atoms with E-state index in [-0.39, 0.29) is 12.5 Å². The largest absolute Gasteiger partial charge is 0.396 e. The molecule has 0 aromatic carbocycles. The Morgan fingerprint density at radius 2 is 2.19 bits per heavy atom. The van der Waals surface area contributed by atoms with Gasteiger partial charge in [-0.15, -0.1) is 0 Å². The van der Waals surface area contributed by atoms with Crippen LogP contribution in [0.5, 0.6) is 0 Å². The van der Waals surface area contributed by atoms with Gasteiger partial charge in [0.2, 0.25) is 5.91 Å². The van der Waals surface area contributed by atoms with Crippen molar-refractivity contribution in [2.24, 2.45) is 0 Å². The average Bonchev–Trinajstić information content (AvgIpc) is 2.29. The number of nitrogens with two attached hydrogens (primary N) is 1. The molecule has 88 valence electrons. The van der Waals surface area contributed by atoms with Gasteiger partial charge in [0.15, 0.2) is 0 Å². The van der Waals surface area contributed by atoms with Gasteiger partial charge in [0.05, 0.1) is 12.2 Å². The summed E-state index contributed by atoms with van der Waals surface area (Å²) in [5.74, 6) is 0.609. The third kappa shape index (κ3) is 3.12. The molecule has 0 spiro atoms. The summed E-state index contributed by atoms with van der Waals surface area (Å²) >= 11 is 0. The number of pyridine rings is 1. The van der Waals surface area contributed by atoms with Gasteiger partial charge in [0.25, 0.3) is 0 Å². The normalized spacial score (nSPS) is 9.88. The number of nitrogens with zero attached hydrogens (tertiary/aromatic N) is 2. The van der Waals surface area contributed by atoms with E-state index >= 15 is 0 Å². The molecule has 1 aromatic heterocycles. The first-order valence-electron chi connectivity index (χ1n) is 5.41. The lowest BCUT2D eigenvalue weighted by atomic mass is 10.4. The maximum Gasteiger partial charge on any atom is 0.241 e. The molecule has 0 unspecified atom stereocenters. The zero-order chi connectivity index (χ0) is 12.0. The van der Waals surface area contributed by atoms with E-state index in [0.29, 0.717) is 24.6 Å². The van der Waals surface area contributed by atoms with Crippen LogP contribution < -0.4 is 11.1 Å². The number of nitrogens with one attached hydrogen (secondary N) is 1. The van der Waals surface area contributed by atoms with Crippen molar-refractivity contribution in [3.8, 4) is 0 Å². The number of nitrogen functional groups attached to an aromatic ring is 1. The monoisotopic (exact) mass is 222 g/mol. The van der Waals surface area contributed by atoms with Crippen LogP contribution in [0.15, 0.2) is 18.3 Å². The Labute approximate surface area is 95.7 Å².